The summed E-state index contributed by atoms with van der Waals surface area (Å²) in [4.78, 5) is 0. The van der Waals surface area contributed by atoms with Crippen LogP contribution in [0.25, 0.3) is 0 Å². The molecule has 4 heteroatoms. The Morgan fingerprint density at radius 1 is 0.500 bits per heavy atom. The predicted molar refractivity (Wildman–Crippen MR) is 0 cm³/mol. The molecule has 0 aromatic carbocycles. The molecular weight excluding hydrogens is 113 g/mol. The summed E-state index contributed by atoms with van der Waals surface area (Å²) in [6, 6.07) is 0. The molecule has 0 amide bonds. The third-order valence-electron chi connectivity index (χ3n) is 0. The van der Waals surface area contributed by atoms with E-state index in [4.69, 9.17) is 0 Å². The largest absolute Gasteiger partial charge is 1.00 e. The zero-order chi connectivity index (χ0) is 0. The number of hydrogen-bond donors (Lipinski definition) is 0. The van der Waals surface area contributed by atoms with Gasteiger partial charge in [0.05, 0.1) is 0 Å². The molecule has 0 bridgehead atoms. The molecule has 0 aliphatic heterocycles. The molecule has 0 rings (SSSR count). The SMILES string of the molecule is [Cl-].[Cl-].[Cl-].[Li+]. The van der Waals surface area contributed by atoms with Crippen LogP contribution in [0.4, 0.5) is 0 Å². The smallest absolute Gasteiger partial charge is 1.00 e. The fraction of sp³-hybridized carbons (Fsp3) is 0. The molecule has 24 valence electrons. The van der Waals surface area contributed by atoms with Crippen LogP contribution in [0.2, 0.25) is 0 Å². The van der Waals surface area contributed by atoms with E-state index in [1.54, 1.807) is 0 Å². The predicted octanol–water partition coefficient (Wildman–Crippen LogP) is -12.0. The van der Waals surface area contributed by atoms with Gasteiger partial charge in [-0.1, -0.05) is 0 Å². The molecule has 0 radical (unpaired) electrons. The van der Waals surface area contributed by atoms with Crippen molar-refractivity contribution in [2.24, 2.45) is 0 Å². The summed E-state index contributed by atoms with van der Waals surface area (Å²) < 4.78 is 0. The van der Waals surface area contributed by atoms with Crippen molar-refractivity contribution in [2.75, 3.05) is 0 Å². The molecule has 0 aromatic rings. The summed E-state index contributed by atoms with van der Waals surface area (Å²) in [5, 5.41) is 0. The molecule has 0 aliphatic rings. The molecule has 0 atom stereocenters. The van der Waals surface area contributed by atoms with E-state index in [-0.39, 0.29) is 56.1 Å². The maximum atomic E-state index is 0. The zero-order valence-corrected chi connectivity index (χ0v) is 4.40. The Kier molecular flexibility index (Phi) is 316. The molecule has 0 saturated carbocycles. The van der Waals surface area contributed by atoms with Crippen molar-refractivity contribution in [3.8, 4) is 0 Å². The first-order chi connectivity index (χ1) is 0. The van der Waals surface area contributed by atoms with Crippen LogP contribution in [0, 0.1) is 0 Å². The number of rotatable bonds is 0. The van der Waals surface area contributed by atoms with Gasteiger partial charge < -0.3 is 37.2 Å². The quantitative estimate of drug-likeness (QED) is 0.274. The minimum Gasteiger partial charge on any atom is -1.00 e. The van der Waals surface area contributed by atoms with Crippen molar-refractivity contribution in [2.45, 2.75) is 0 Å². The second-order valence-corrected chi connectivity index (χ2v) is 0. The van der Waals surface area contributed by atoms with Crippen LogP contribution in [-0.4, -0.2) is 0 Å². The zero-order valence-electron chi connectivity index (χ0n) is 2.13. The normalized spacial score (nSPS) is 0. The van der Waals surface area contributed by atoms with E-state index in [1.807, 2.05) is 0 Å². The Morgan fingerprint density at radius 2 is 0.500 bits per heavy atom. The molecule has 0 aromatic heterocycles. The fourth-order valence-electron chi connectivity index (χ4n) is 0. The van der Waals surface area contributed by atoms with Gasteiger partial charge >= 0.3 is 18.9 Å². The average Bonchev–Trinajstić information content (AvgIpc) is 0. The second kappa shape index (κ2) is 24.9. The van der Waals surface area contributed by atoms with Crippen molar-refractivity contribution in [3.63, 3.8) is 0 Å². The van der Waals surface area contributed by atoms with Crippen LogP contribution in [0.3, 0.4) is 0 Å². The first kappa shape index (κ1) is 50.7. The standard InChI is InChI=1S/3ClH.Li/h3*1H;/q;;;+1/p-3. The van der Waals surface area contributed by atoms with Gasteiger partial charge in [0.25, 0.3) is 0 Å². The minimum atomic E-state index is 0. The van der Waals surface area contributed by atoms with E-state index in [0.717, 1.165) is 0 Å². The summed E-state index contributed by atoms with van der Waals surface area (Å²) >= 11 is 0. The van der Waals surface area contributed by atoms with Crippen LogP contribution >= 0.6 is 0 Å². The third-order valence-corrected chi connectivity index (χ3v) is 0. The van der Waals surface area contributed by atoms with Crippen LogP contribution in [0.1, 0.15) is 0 Å². The minimum absolute atomic E-state index is 0. The maximum absolute atomic E-state index is 0. The van der Waals surface area contributed by atoms with Crippen LogP contribution < -0.4 is 56.1 Å². The Bertz CT molecular complexity index is 3.25. The first-order valence-corrected chi connectivity index (χ1v) is 0. The van der Waals surface area contributed by atoms with Gasteiger partial charge in [0.2, 0.25) is 0 Å². The Morgan fingerprint density at radius 3 is 0.500 bits per heavy atom. The molecule has 0 heterocycles. The maximum Gasteiger partial charge on any atom is 1.00 e. The van der Waals surface area contributed by atoms with Crippen LogP contribution in [0.15, 0.2) is 0 Å². The first-order valence-electron chi connectivity index (χ1n) is 0. The van der Waals surface area contributed by atoms with Gasteiger partial charge in [-0.15, -0.1) is 0 Å². The van der Waals surface area contributed by atoms with Gasteiger partial charge in [-0.3, -0.25) is 0 Å². The molecule has 0 spiro atoms. The van der Waals surface area contributed by atoms with Gasteiger partial charge in [-0.2, -0.15) is 0 Å². The van der Waals surface area contributed by atoms with Gasteiger partial charge in [-0.05, 0) is 0 Å². The summed E-state index contributed by atoms with van der Waals surface area (Å²) in [7, 11) is 0. The average molecular weight is 113 g/mol. The molecule has 0 N–H and O–H groups in total. The monoisotopic (exact) mass is 112 g/mol. The second-order valence-electron chi connectivity index (χ2n) is 0. The van der Waals surface area contributed by atoms with E-state index in [2.05, 4.69) is 0 Å². The van der Waals surface area contributed by atoms with Gasteiger partial charge in [-0.25, -0.2) is 0 Å². The Balaban J connectivity index is 0. The fourth-order valence-corrected chi connectivity index (χ4v) is 0. The van der Waals surface area contributed by atoms with Gasteiger partial charge in [0, 0.05) is 0 Å². The van der Waals surface area contributed by atoms with Gasteiger partial charge in [0.1, 0.15) is 0 Å². The molecule has 0 saturated heterocycles. The summed E-state index contributed by atoms with van der Waals surface area (Å²) in [6.45, 7) is 0. The van der Waals surface area contributed by atoms with Crippen LogP contribution in [-0.2, 0) is 0 Å². The van der Waals surface area contributed by atoms with Crippen molar-refractivity contribution in [1.29, 1.82) is 0 Å². The molecular formula is Cl3Li-2. The third kappa shape index (κ3) is 9.80. The van der Waals surface area contributed by atoms with Crippen molar-refractivity contribution in [1.82, 2.24) is 0 Å². The molecule has 4 heavy (non-hydrogen) atoms. The van der Waals surface area contributed by atoms with E-state index in [1.165, 1.54) is 0 Å². The summed E-state index contributed by atoms with van der Waals surface area (Å²) in [5.74, 6) is 0. The van der Waals surface area contributed by atoms with Crippen LogP contribution in [0.5, 0.6) is 0 Å². The number of halogens is 3. The topological polar surface area (TPSA) is 0 Å². The molecule has 0 nitrogen and oxygen atoms in total. The molecule has 0 unspecified atom stereocenters. The Hall–Kier alpha value is 1.47. The van der Waals surface area contributed by atoms with E-state index >= 15 is 0 Å². The van der Waals surface area contributed by atoms with Crippen molar-refractivity contribution < 1.29 is 56.1 Å². The molecule has 0 aliphatic carbocycles. The van der Waals surface area contributed by atoms with E-state index in [0.29, 0.717) is 0 Å². The van der Waals surface area contributed by atoms with E-state index < -0.39 is 0 Å². The Labute approximate surface area is 56.1 Å². The number of hydrogen-bond acceptors (Lipinski definition) is 0. The summed E-state index contributed by atoms with van der Waals surface area (Å²) in [6.07, 6.45) is 0. The van der Waals surface area contributed by atoms with Crippen molar-refractivity contribution in [3.05, 3.63) is 0 Å². The van der Waals surface area contributed by atoms with Crippen molar-refractivity contribution >= 4 is 0 Å². The van der Waals surface area contributed by atoms with E-state index in [9.17, 15) is 0 Å². The summed E-state index contributed by atoms with van der Waals surface area (Å²) in [5.41, 5.74) is 0. The van der Waals surface area contributed by atoms with Gasteiger partial charge in [0.15, 0.2) is 0 Å². The molecule has 0 fully saturated rings.